The van der Waals surface area contributed by atoms with Crippen molar-refractivity contribution in [3.63, 3.8) is 0 Å². The van der Waals surface area contributed by atoms with Crippen LogP contribution in [0.1, 0.15) is 31.4 Å². The molecule has 1 atom stereocenters. The van der Waals surface area contributed by atoms with Gasteiger partial charge in [0.1, 0.15) is 11.6 Å². The molecule has 0 amide bonds. The first-order valence-corrected chi connectivity index (χ1v) is 5.54. The minimum atomic E-state index is -4.19. The van der Waals surface area contributed by atoms with E-state index >= 15 is 0 Å². The lowest BCUT2D eigenvalue weighted by Gasteiger charge is -2.11. The van der Waals surface area contributed by atoms with Gasteiger partial charge in [-0.15, -0.1) is 0 Å². The average molecular weight is 265 g/mol. The van der Waals surface area contributed by atoms with Gasteiger partial charge in [0.15, 0.2) is 0 Å². The van der Waals surface area contributed by atoms with Gasteiger partial charge in [-0.05, 0) is 19.4 Å². The maximum absolute atomic E-state index is 13.5. The highest BCUT2D eigenvalue weighted by atomic mass is 19.4. The second-order valence-electron chi connectivity index (χ2n) is 4.04. The van der Waals surface area contributed by atoms with Crippen molar-refractivity contribution in [1.29, 1.82) is 0 Å². The van der Waals surface area contributed by atoms with Crippen LogP contribution in [-0.4, -0.2) is 12.8 Å². The van der Waals surface area contributed by atoms with Gasteiger partial charge in [0, 0.05) is 24.1 Å². The molecule has 0 fully saturated rings. The molecule has 0 aliphatic heterocycles. The highest BCUT2D eigenvalue weighted by molar-refractivity contribution is 5.30. The molecule has 102 valence electrons. The average Bonchev–Trinajstić information content (AvgIpc) is 2.22. The van der Waals surface area contributed by atoms with Crippen molar-refractivity contribution in [2.24, 2.45) is 5.73 Å². The van der Waals surface area contributed by atoms with Crippen LogP contribution in [0.4, 0.5) is 17.6 Å². The largest absolute Gasteiger partial charge is 0.493 e. The van der Waals surface area contributed by atoms with Gasteiger partial charge >= 0.3 is 6.18 Å². The summed E-state index contributed by atoms with van der Waals surface area (Å²) >= 11 is 0. The molecule has 0 unspecified atom stereocenters. The number of hydrogen-bond donors (Lipinski definition) is 1. The van der Waals surface area contributed by atoms with Gasteiger partial charge in [0.25, 0.3) is 0 Å². The Balaban J connectivity index is 2.47. The molecule has 1 aromatic rings. The molecule has 0 radical (unpaired) electrons. The molecule has 1 rings (SSSR count). The summed E-state index contributed by atoms with van der Waals surface area (Å²) in [4.78, 5) is 0. The van der Waals surface area contributed by atoms with Crippen LogP contribution in [0, 0.1) is 5.82 Å². The van der Waals surface area contributed by atoms with Crippen molar-refractivity contribution in [2.45, 2.75) is 32.0 Å². The zero-order valence-electron chi connectivity index (χ0n) is 9.93. The molecule has 2 N–H and O–H groups in total. The molecule has 18 heavy (non-hydrogen) atoms. The van der Waals surface area contributed by atoms with Crippen LogP contribution in [0.25, 0.3) is 0 Å². The summed E-state index contributed by atoms with van der Waals surface area (Å²) in [7, 11) is 0. The molecule has 0 aliphatic rings. The fraction of sp³-hybridized carbons (Fsp3) is 0.500. The first-order chi connectivity index (χ1) is 8.29. The molecule has 2 nitrogen and oxygen atoms in total. The first kappa shape index (κ1) is 14.8. The topological polar surface area (TPSA) is 35.2 Å². The maximum atomic E-state index is 13.5. The molecule has 0 saturated carbocycles. The highest BCUT2D eigenvalue weighted by Gasteiger charge is 2.26. The fourth-order valence-corrected chi connectivity index (χ4v) is 1.43. The Hall–Kier alpha value is -1.30. The van der Waals surface area contributed by atoms with Crippen LogP contribution in [0.5, 0.6) is 5.75 Å². The van der Waals surface area contributed by atoms with Crippen molar-refractivity contribution < 1.29 is 22.3 Å². The molecular weight excluding hydrogens is 250 g/mol. The van der Waals surface area contributed by atoms with E-state index in [4.69, 9.17) is 10.5 Å². The Morgan fingerprint density at radius 2 is 2.00 bits per heavy atom. The van der Waals surface area contributed by atoms with Crippen LogP contribution < -0.4 is 10.5 Å². The standard InChI is InChI=1S/C12H15F4NO/c1-8(17)10-4-3-9(7-11(10)13)18-6-2-5-12(14,15)16/h3-4,7-8H,2,5-6,17H2,1H3/t8-/m0/s1. The monoisotopic (exact) mass is 265 g/mol. The van der Waals surface area contributed by atoms with Crippen LogP contribution in [-0.2, 0) is 0 Å². The van der Waals surface area contributed by atoms with Gasteiger partial charge in [0.2, 0.25) is 0 Å². The molecule has 0 bridgehead atoms. The molecule has 0 aliphatic carbocycles. The van der Waals surface area contributed by atoms with E-state index < -0.39 is 24.5 Å². The van der Waals surface area contributed by atoms with Crippen LogP contribution in [0.3, 0.4) is 0 Å². The summed E-state index contributed by atoms with van der Waals surface area (Å²) < 4.78 is 54.1. The summed E-state index contributed by atoms with van der Waals surface area (Å²) in [6.45, 7) is 1.54. The Bertz CT molecular complexity index is 390. The van der Waals surface area contributed by atoms with Crippen LogP contribution >= 0.6 is 0 Å². The Morgan fingerprint density at radius 3 is 2.50 bits per heavy atom. The van der Waals surface area contributed by atoms with Crippen molar-refractivity contribution in [3.05, 3.63) is 29.6 Å². The molecule has 0 aromatic heterocycles. The lowest BCUT2D eigenvalue weighted by atomic mass is 10.1. The van der Waals surface area contributed by atoms with Crippen molar-refractivity contribution >= 4 is 0 Å². The molecular formula is C12H15F4NO. The van der Waals surface area contributed by atoms with E-state index in [1.165, 1.54) is 12.1 Å². The normalized spacial score (nSPS) is 13.4. The molecule has 0 spiro atoms. The van der Waals surface area contributed by atoms with E-state index in [1.807, 2.05) is 0 Å². The number of benzene rings is 1. The summed E-state index contributed by atoms with van der Waals surface area (Å²) in [5.41, 5.74) is 5.87. The van der Waals surface area contributed by atoms with Gasteiger partial charge in [0.05, 0.1) is 6.61 Å². The van der Waals surface area contributed by atoms with Crippen molar-refractivity contribution in [2.75, 3.05) is 6.61 Å². The van der Waals surface area contributed by atoms with Gasteiger partial charge in [-0.25, -0.2) is 4.39 Å². The van der Waals surface area contributed by atoms with Gasteiger partial charge < -0.3 is 10.5 Å². The highest BCUT2D eigenvalue weighted by Crippen LogP contribution is 2.23. The molecule has 0 saturated heterocycles. The van der Waals surface area contributed by atoms with Gasteiger partial charge in [-0.1, -0.05) is 6.07 Å². The smallest absolute Gasteiger partial charge is 0.389 e. The second-order valence-corrected chi connectivity index (χ2v) is 4.04. The number of ether oxygens (including phenoxy) is 1. The first-order valence-electron chi connectivity index (χ1n) is 5.54. The van der Waals surface area contributed by atoms with Gasteiger partial charge in [-0.3, -0.25) is 0 Å². The van der Waals surface area contributed by atoms with Crippen molar-refractivity contribution in [3.8, 4) is 5.75 Å². The minimum Gasteiger partial charge on any atom is -0.493 e. The zero-order valence-corrected chi connectivity index (χ0v) is 9.93. The van der Waals surface area contributed by atoms with E-state index in [0.29, 0.717) is 5.56 Å². The Morgan fingerprint density at radius 1 is 1.33 bits per heavy atom. The fourth-order valence-electron chi connectivity index (χ4n) is 1.43. The number of alkyl halides is 3. The summed E-state index contributed by atoms with van der Waals surface area (Å²) in [6, 6.07) is 3.66. The second kappa shape index (κ2) is 6.04. The third kappa shape index (κ3) is 4.91. The number of halogens is 4. The Kier molecular flexibility index (Phi) is 4.95. The molecule has 0 heterocycles. The third-order valence-electron chi connectivity index (χ3n) is 2.34. The number of hydrogen-bond acceptors (Lipinski definition) is 2. The minimum absolute atomic E-state index is 0.101. The molecule has 6 heteroatoms. The predicted octanol–water partition coefficient (Wildman–Crippen LogP) is 3.57. The zero-order chi connectivity index (χ0) is 13.8. The van der Waals surface area contributed by atoms with E-state index in [0.717, 1.165) is 6.07 Å². The molecule has 1 aromatic carbocycles. The summed E-state index contributed by atoms with van der Waals surface area (Å²) in [5, 5.41) is 0. The quantitative estimate of drug-likeness (QED) is 0.652. The number of nitrogens with two attached hydrogens (primary N) is 1. The maximum Gasteiger partial charge on any atom is 0.389 e. The summed E-state index contributed by atoms with van der Waals surface area (Å²) in [6.07, 6.45) is -5.25. The lowest BCUT2D eigenvalue weighted by molar-refractivity contribution is -0.136. The van der Waals surface area contributed by atoms with E-state index in [2.05, 4.69) is 0 Å². The predicted molar refractivity (Wildman–Crippen MR) is 59.8 cm³/mol. The lowest BCUT2D eigenvalue weighted by Crippen LogP contribution is -2.10. The van der Waals surface area contributed by atoms with E-state index in [1.54, 1.807) is 6.92 Å². The van der Waals surface area contributed by atoms with E-state index in [-0.39, 0.29) is 18.8 Å². The SMILES string of the molecule is C[C@H](N)c1ccc(OCCCC(F)(F)F)cc1F. The number of rotatable bonds is 5. The van der Waals surface area contributed by atoms with Crippen molar-refractivity contribution in [1.82, 2.24) is 0 Å². The van der Waals surface area contributed by atoms with Crippen LogP contribution in [0.2, 0.25) is 0 Å². The van der Waals surface area contributed by atoms with E-state index in [9.17, 15) is 17.6 Å². The third-order valence-corrected chi connectivity index (χ3v) is 2.34. The summed E-state index contributed by atoms with van der Waals surface area (Å²) in [5.74, 6) is -0.308. The van der Waals surface area contributed by atoms with Gasteiger partial charge in [-0.2, -0.15) is 13.2 Å². The van der Waals surface area contributed by atoms with Crippen LogP contribution in [0.15, 0.2) is 18.2 Å². The Labute approximate surface area is 103 Å².